The van der Waals surface area contributed by atoms with Crippen LogP contribution in [0.2, 0.25) is 0 Å². The molecule has 2 heterocycles. The van der Waals surface area contributed by atoms with E-state index in [0.717, 1.165) is 22.5 Å². The molecule has 10 heteroatoms. The number of sulfonamides is 1. The van der Waals surface area contributed by atoms with E-state index in [2.05, 4.69) is 15.5 Å². The maximum atomic E-state index is 13.5. The predicted molar refractivity (Wildman–Crippen MR) is 121 cm³/mol. The Morgan fingerprint density at radius 3 is 2.50 bits per heavy atom. The third-order valence-corrected chi connectivity index (χ3v) is 8.68. The highest BCUT2D eigenvalue weighted by atomic mass is 32.2. The molecule has 168 valence electrons. The van der Waals surface area contributed by atoms with Gasteiger partial charge >= 0.3 is 0 Å². The lowest BCUT2D eigenvalue weighted by Gasteiger charge is -2.23. The van der Waals surface area contributed by atoms with E-state index < -0.39 is 27.8 Å². The van der Waals surface area contributed by atoms with Gasteiger partial charge in [-0.15, -0.1) is 10.2 Å². The van der Waals surface area contributed by atoms with Crippen molar-refractivity contribution in [1.29, 1.82) is 0 Å². The fraction of sp³-hybridized carbons (Fsp3) is 0.318. The van der Waals surface area contributed by atoms with Crippen molar-refractivity contribution in [2.45, 2.75) is 44.6 Å². The maximum absolute atomic E-state index is 13.5. The number of benzene rings is 2. The van der Waals surface area contributed by atoms with Crippen LogP contribution < -0.4 is 5.32 Å². The molecular formula is C22H23FN4O3S2. The third kappa shape index (κ3) is 4.30. The van der Waals surface area contributed by atoms with Gasteiger partial charge in [0.2, 0.25) is 15.0 Å². The van der Waals surface area contributed by atoms with E-state index in [4.69, 9.17) is 0 Å². The largest absolute Gasteiger partial charge is 0.320 e. The van der Waals surface area contributed by atoms with Crippen LogP contribution in [0.4, 0.5) is 10.1 Å². The van der Waals surface area contributed by atoms with Crippen LogP contribution in [0.5, 0.6) is 0 Å². The van der Waals surface area contributed by atoms with Gasteiger partial charge in [0, 0.05) is 12.2 Å². The van der Waals surface area contributed by atoms with E-state index in [1.807, 2.05) is 19.9 Å². The standard InChI is InChI=1S/C22H23FN4O3S2/c1-13-11-15(3)19(12-14(13)2)32(29,30)27-10-4-5-18(27)21-25-26-22(31-21)20(28)24-17-8-6-16(23)7-9-17/h6-9,11-12,18H,4-5,10H2,1-3H3,(H,24,28). The van der Waals surface area contributed by atoms with Gasteiger partial charge in [0.05, 0.1) is 10.9 Å². The van der Waals surface area contributed by atoms with Gasteiger partial charge in [-0.2, -0.15) is 4.31 Å². The molecule has 1 aliphatic rings. The molecule has 0 radical (unpaired) electrons. The zero-order valence-electron chi connectivity index (χ0n) is 17.9. The summed E-state index contributed by atoms with van der Waals surface area (Å²) in [5.74, 6) is -0.875. The van der Waals surface area contributed by atoms with Gasteiger partial charge in [-0.3, -0.25) is 4.79 Å². The number of carbonyl (C=O) groups is 1. The van der Waals surface area contributed by atoms with E-state index in [1.54, 1.807) is 13.0 Å². The first-order chi connectivity index (χ1) is 15.2. The van der Waals surface area contributed by atoms with Crippen molar-refractivity contribution in [2.75, 3.05) is 11.9 Å². The van der Waals surface area contributed by atoms with Gasteiger partial charge in [-0.05, 0) is 80.6 Å². The fourth-order valence-corrected chi connectivity index (χ4v) is 6.70. The molecule has 1 aromatic heterocycles. The van der Waals surface area contributed by atoms with Crippen molar-refractivity contribution in [2.24, 2.45) is 0 Å². The topological polar surface area (TPSA) is 92.3 Å². The first kappa shape index (κ1) is 22.5. The zero-order valence-corrected chi connectivity index (χ0v) is 19.6. The number of aromatic nitrogens is 2. The summed E-state index contributed by atoms with van der Waals surface area (Å²) >= 11 is 1.07. The van der Waals surface area contributed by atoms with Crippen molar-refractivity contribution in [3.05, 3.63) is 68.9 Å². The smallest absolute Gasteiger partial charge is 0.286 e. The van der Waals surface area contributed by atoms with E-state index in [-0.39, 0.29) is 5.01 Å². The lowest BCUT2D eigenvalue weighted by Crippen LogP contribution is -2.31. The van der Waals surface area contributed by atoms with E-state index in [9.17, 15) is 17.6 Å². The SMILES string of the molecule is Cc1cc(C)c(S(=O)(=O)N2CCCC2c2nnc(C(=O)Nc3ccc(F)cc3)s2)cc1C. The van der Waals surface area contributed by atoms with Crippen LogP contribution in [0.3, 0.4) is 0 Å². The molecule has 32 heavy (non-hydrogen) atoms. The molecular weight excluding hydrogens is 451 g/mol. The molecule has 0 spiro atoms. The minimum absolute atomic E-state index is 0.121. The van der Waals surface area contributed by atoms with Gasteiger partial charge in [0.1, 0.15) is 10.8 Å². The van der Waals surface area contributed by atoms with Gasteiger partial charge in [0.25, 0.3) is 5.91 Å². The van der Waals surface area contributed by atoms with Crippen molar-refractivity contribution in [3.8, 4) is 0 Å². The second-order valence-corrected chi connectivity index (χ2v) is 10.8. The summed E-state index contributed by atoms with van der Waals surface area (Å²) < 4.78 is 41.5. The summed E-state index contributed by atoms with van der Waals surface area (Å²) in [6.45, 7) is 6.03. The first-order valence-electron chi connectivity index (χ1n) is 10.2. The Hall–Kier alpha value is -2.69. The van der Waals surface area contributed by atoms with Crippen molar-refractivity contribution >= 4 is 33.0 Å². The van der Waals surface area contributed by atoms with Gasteiger partial charge < -0.3 is 5.32 Å². The van der Waals surface area contributed by atoms with Gasteiger partial charge in [-0.25, -0.2) is 12.8 Å². The quantitative estimate of drug-likeness (QED) is 0.592. The van der Waals surface area contributed by atoms with Crippen molar-refractivity contribution in [3.63, 3.8) is 0 Å². The molecule has 2 aromatic carbocycles. The Morgan fingerprint density at radius 2 is 1.78 bits per heavy atom. The molecule has 4 rings (SSSR count). The molecule has 7 nitrogen and oxygen atoms in total. The molecule has 3 aromatic rings. The van der Waals surface area contributed by atoms with Crippen LogP contribution in [0.1, 0.15) is 50.4 Å². The molecule has 1 unspecified atom stereocenters. The Kier molecular flexibility index (Phi) is 6.11. The van der Waals surface area contributed by atoms with E-state index >= 15 is 0 Å². The average molecular weight is 475 g/mol. The summed E-state index contributed by atoms with van der Waals surface area (Å²) in [6, 6.07) is 8.53. The van der Waals surface area contributed by atoms with Crippen molar-refractivity contribution in [1.82, 2.24) is 14.5 Å². The number of carbonyl (C=O) groups excluding carboxylic acids is 1. The number of anilines is 1. The summed E-state index contributed by atoms with van der Waals surface area (Å²) in [5, 5.41) is 11.3. The number of hydrogen-bond donors (Lipinski definition) is 1. The number of halogens is 1. The zero-order chi connectivity index (χ0) is 23.0. The van der Waals surface area contributed by atoms with Crippen molar-refractivity contribution < 1.29 is 17.6 Å². The van der Waals surface area contributed by atoms with E-state index in [0.29, 0.717) is 40.5 Å². The monoisotopic (exact) mass is 474 g/mol. The second-order valence-electron chi connectivity index (χ2n) is 7.88. The Labute approximate surface area is 190 Å². The molecule has 0 aliphatic carbocycles. The average Bonchev–Trinajstić information content (AvgIpc) is 3.42. The fourth-order valence-electron chi connectivity index (χ4n) is 3.79. The molecule has 1 saturated heterocycles. The number of nitrogens with zero attached hydrogens (tertiary/aromatic N) is 3. The molecule has 1 amide bonds. The van der Waals surface area contributed by atoms with Crippen LogP contribution in [-0.2, 0) is 10.0 Å². The second kappa shape index (κ2) is 8.68. The summed E-state index contributed by atoms with van der Waals surface area (Å²) in [7, 11) is -3.73. The summed E-state index contributed by atoms with van der Waals surface area (Å²) in [5.41, 5.74) is 3.10. The third-order valence-electron chi connectivity index (χ3n) is 5.60. The number of rotatable bonds is 5. The minimum Gasteiger partial charge on any atom is -0.320 e. The number of amides is 1. The Balaban J connectivity index is 1.58. The van der Waals surface area contributed by atoms with Crippen LogP contribution >= 0.6 is 11.3 Å². The molecule has 1 fully saturated rings. The Bertz CT molecular complexity index is 1270. The van der Waals surface area contributed by atoms with Gasteiger partial charge in [-0.1, -0.05) is 17.4 Å². The molecule has 1 atom stereocenters. The number of hydrogen-bond acceptors (Lipinski definition) is 6. The molecule has 1 aliphatic heterocycles. The number of nitrogens with one attached hydrogen (secondary N) is 1. The normalized spacial score (nSPS) is 16.9. The predicted octanol–water partition coefficient (Wildman–Crippen LogP) is 4.38. The first-order valence-corrected chi connectivity index (χ1v) is 12.4. The highest BCUT2D eigenvalue weighted by molar-refractivity contribution is 7.89. The lowest BCUT2D eigenvalue weighted by atomic mass is 10.1. The van der Waals surface area contributed by atoms with Crippen LogP contribution in [0.15, 0.2) is 41.3 Å². The number of aryl methyl sites for hydroxylation is 3. The lowest BCUT2D eigenvalue weighted by molar-refractivity contribution is 0.102. The van der Waals surface area contributed by atoms with Crippen LogP contribution in [-0.4, -0.2) is 35.4 Å². The van der Waals surface area contributed by atoms with Gasteiger partial charge in [0.15, 0.2) is 0 Å². The Morgan fingerprint density at radius 1 is 1.09 bits per heavy atom. The molecule has 0 saturated carbocycles. The highest BCUT2D eigenvalue weighted by Crippen LogP contribution is 2.38. The minimum atomic E-state index is -3.73. The molecule has 0 bridgehead atoms. The maximum Gasteiger partial charge on any atom is 0.286 e. The summed E-state index contributed by atoms with van der Waals surface area (Å²) in [6.07, 6.45) is 1.31. The summed E-state index contributed by atoms with van der Waals surface area (Å²) in [4.78, 5) is 12.8. The molecule has 1 N–H and O–H groups in total. The van der Waals surface area contributed by atoms with Crippen LogP contribution in [0, 0.1) is 26.6 Å². The van der Waals surface area contributed by atoms with Crippen LogP contribution in [0.25, 0.3) is 0 Å². The highest BCUT2D eigenvalue weighted by Gasteiger charge is 2.39. The van der Waals surface area contributed by atoms with E-state index in [1.165, 1.54) is 28.6 Å².